The van der Waals surface area contributed by atoms with Crippen molar-refractivity contribution in [2.75, 3.05) is 9.80 Å². The standard InChI is InChI=1S/C79H69N5O.Pt/c1-76(2,3)55-40-43-70-67(48-55)79(64-34-19-21-36-68(64)83(58-30-17-12-18-31-58)69-37-22-20-35-65(69)79)66-42-41-60(51-73(66)84(70)74-49-56(44-45-80-74)77(4,5)6)85-61-47-57(78(7,8)9)46-59(50-61)81-52-82(72-39-24-23-38-71(72)81)75-62(53-26-13-10-14-27-53)32-25-33-63(75)54-28-15-11-16-29-54;/h10-51H,1-9H3;. The number of nitrogens with zero attached hydrogens (tertiary/aromatic N) is 5. The molecule has 2 aliphatic heterocycles. The van der Waals surface area contributed by atoms with Crippen molar-refractivity contribution >= 4 is 45.3 Å². The van der Waals surface area contributed by atoms with Crippen LogP contribution in [-0.2, 0) is 41.0 Å². The van der Waals surface area contributed by atoms with Gasteiger partial charge in [-0.25, -0.2) is 0 Å². The zero-order chi connectivity index (χ0) is 59.3. The number of aromatic nitrogens is 3. The molecule has 0 bridgehead atoms. The van der Waals surface area contributed by atoms with Crippen LogP contribution in [0.25, 0.3) is 44.7 Å². The van der Waals surface area contributed by atoms with Crippen molar-refractivity contribution in [3.63, 3.8) is 0 Å². The molecule has 2 aliphatic rings. The zero-order valence-electron chi connectivity index (χ0n) is 50.2. The Morgan fingerprint density at radius 1 is 0.372 bits per heavy atom. The molecule has 14 rings (SSSR count). The van der Waals surface area contributed by atoms with E-state index in [2.05, 4.69) is 349 Å². The van der Waals surface area contributed by atoms with Gasteiger partial charge in [-0.1, -0.05) is 108 Å². The first kappa shape index (κ1) is 54.8. The first-order chi connectivity index (χ1) is 41.5. The quantitative estimate of drug-likeness (QED) is 0.152. The molecule has 0 N–H and O–H groups in total. The van der Waals surface area contributed by atoms with Crippen molar-refractivity contribution in [2.24, 2.45) is 0 Å². The molecular weight excluding hydrogens is 1230 g/mol. The number of hydrogen-bond acceptors (Lipinski definition) is 4. The topological polar surface area (TPSA) is 38.5 Å². The van der Waals surface area contributed by atoms with Crippen molar-refractivity contribution in [1.29, 1.82) is 0 Å². The average Bonchev–Trinajstić information content (AvgIpc) is 0.857. The minimum atomic E-state index is -0.776. The molecule has 0 saturated heterocycles. The number of rotatable bonds is 8. The molecule has 12 aromatic rings. The molecule has 86 heavy (non-hydrogen) atoms. The molecule has 6 nitrogen and oxygen atoms in total. The maximum absolute atomic E-state index is 7.47. The molecule has 1 spiro atoms. The van der Waals surface area contributed by atoms with E-state index in [0.29, 0.717) is 0 Å². The van der Waals surface area contributed by atoms with Crippen LogP contribution in [0.4, 0.5) is 34.3 Å². The van der Waals surface area contributed by atoms with E-state index >= 15 is 0 Å². The van der Waals surface area contributed by atoms with Crippen LogP contribution < -0.4 is 14.5 Å². The van der Waals surface area contributed by atoms with Crippen molar-refractivity contribution in [1.82, 2.24) is 14.1 Å². The first-order valence-corrected chi connectivity index (χ1v) is 31.0. The third-order valence-corrected chi connectivity index (χ3v) is 18.5. The predicted octanol–water partition coefficient (Wildman–Crippen LogP) is 20.9. The van der Waals surface area contributed by atoms with E-state index in [-0.39, 0.29) is 16.2 Å². The zero-order valence-corrected chi connectivity index (χ0v) is 52.5. The summed E-state index contributed by atoms with van der Waals surface area (Å²) >= 11 is 2.56. The van der Waals surface area contributed by atoms with Crippen molar-refractivity contribution in [3.8, 4) is 45.1 Å². The Bertz CT molecular complexity index is 4550. The number of pyridine rings is 1. The summed E-state index contributed by atoms with van der Waals surface area (Å²) in [4.78, 5) is 10.1. The summed E-state index contributed by atoms with van der Waals surface area (Å²) in [6.45, 7) is 20.6. The molecule has 0 aliphatic carbocycles. The second kappa shape index (κ2) is 20.9. The first-order valence-electron chi connectivity index (χ1n) is 29.8. The van der Waals surface area contributed by atoms with E-state index < -0.39 is 5.41 Å². The fraction of sp³-hybridized carbons (Fsp3) is 0.165. The molecule has 0 radical (unpaired) electrons. The second-order valence-corrected chi connectivity index (χ2v) is 27.0. The summed E-state index contributed by atoms with van der Waals surface area (Å²) in [5, 5.41) is 0. The van der Waals surface area contributed by atoms with Crippen LogP contribution in [0.1, 0.15) is 101 Å². The fourth-order valence-corrected chi connectivity index (χ4v) is 14.3. The van der Waals surface area contributed by atoms with Gasteiger partial charge in [0.25, 0.3) is 0 Å². The van der Waals surface area contributed by atoms with Gasteiger partial charge in [0.05, 0.1) is 11.4 Å². The van der Waals surface area contributed by atoms with Crippen molar-refractivity contribution in [3.05, 3.63) is 298 Å². The molecule has 0 atom stereocenters. The Morgan fingerprint density at radius 3 is 1.50 bits per heavy atom. The normalized spacial score (nSPS) is 13.5. The Kier molecular flexibility index (Phi) is 13.3. The molecule has 0 amide bonds. The molecule has 4 heterocycles. The van der Waals surface area contributed by atoms with Gasteiger partial charge in [0.1, 0.15) is 0 Å². The number of fused-ring (bicyclic) bond motifs is 9. The van der Waals surface area contributed by atoms with Crippen LogP contribution in [-0.4, -0.2) is 14.1 Å². The van der Waals surface area contributed by atoms with Crippen molar-refractivity contribution in [2.45, 2.75) is 84.0 Å². The van der Waals surface area contributed by atoms with Crippen LogP contribution in [0.5, 0.6) is 11.5 Å². The average molecular weight is 1300 g/mol. The summed E-state index contributed by atoms with van der Waals surface area (Å²) in [5.41, 5.74) is 21.5. The monoisotopic (exact) mass is 1300 g/mol. The molecule has 7 heteroatoms. The molecule has 0 saturated carbocycles. The van der Waals surface area contributed by atoms with Crippen LogP contribution >= 0.6 is 0 Å². The van der Waals surface area contributed by atoms with Gasteiger partial charge in [-0.2, -0.15) is 0 Å². The van der Waals surface area contributed by atoms with Gasteiger partial charge in [0, 0.05) is 11.9 Å². The Labute approximate surface area is 516 Å². The number of benzene rings is 10. The van der Waals surface area contributed by atoms with Gasteiger partial charge >= 0.3 is 331 Å². The second-order valence-electron chi connectivity index (χ2n) is 26.0. The number of anilines is 6. The minimum absolute atomic E-state index is 0.128. The fourth-order valence-electron chi connectivity index (χ4n) is 13.2. The summed E-state index contributed by atoms with van der Waals surface area (Å²) in [5.74, 6) is 2.31. The van der Waals surface area contributed by atoms with Gasteiger partial charge in [-0.3, -0.25) is 0 Å². The Balaban J connectivity index is 1.00. The molecule has 10 aromatic carbocycles. The third kappa shape index (κ3) is 9.11. The van der Waals surface area contributed by atoms with Gasteiger partial charge in [0.2, 0.25) is 0 Å². The number of para-hydroxylation sites is 6. The number of hydrogen-bond donors (Lipinski definition) is 0. The van der Waals surface area contributed by atoms with Crippen molar-refractivity contribution < 1.29 is 24.1 Å². The third-order valence-electron chi connectivity index (χ3n) is 17.5. The van der Waals surface area contributed by atoms with Gasteiger partial charge in [-0.15, -0.1) is 0 Å². The molecule has 426 valence electrons. The van der Waals surface area contributed by atoms with Crippen LogP contribution in [0.15, 0.2) is 255 Å². The van der Waals surface area contributed by atoms with E-state index in [0.717, 1.165) is 105 Å². The maximum atomic E-state index is 7.47. The van der Waals surface area contributed by atoms with Crippen LogP contribution in [0.3, 0.4) is 0 Å². The number of ether oxygens (including phenoxy) is 1. The summed E-state index contributed by atoms with van der Waals surface area (Å²) < 4.78 is 13.4. The molecular formula is C79H69N5OPt. The van der Waals surface area contributed by atoms with Gasteiger partial charge in [0.15, 0.2) is 0 Å². The van der Waals surface area contributed by atoms with Crippen LogP contribution in [0.2, 0.25) is 0 Å². The van der Waals surface area contributed by atoms with E-state index in [4.69, 9.17) is 9.72 Å². The van der Waals surface area contributed by atoms with Gasteiger partial charge in [-0.05, 0) is 52.3 Å². The van der Waals surface area contributed by atoms with E-state index in [9.17, 15) is 0 Å². The Morgan fingerprint density at radius 2 is 0.895 bits per heavy atom. The number of imidazole rings is 1. The summed E-state index contributed by atoms with van der Waals surface area (Å²) in [7, 11) is 0. The SMILES string of the molecule is CC(C)(C)c1cc(Oc2ccc3c(c2)N(c2cc(C(C)(C)C)ccn2)c2ccc(C(C)(C)C)cc2C32c3ccccc3N(c3ccccc3)c3ccccc32)cc(-n2[c](=[Pt])n(-c3c(-c4ccccc4)cccc3-c3ccccc3)c3ccccc32)c1. The molecule has 0 fully saturated rings. The van der Waals surface area contributed by atoms with E-state index in [1.807, 2.05) is 6.20 Å². The van der Waals surface area contributed by atoms with Gasteiger partial charge < -0.3 is 4.90 Å². The summed E-state index contributed by atoms with van der Waals surface area (Å²) in [6, 6.07) is 91.1. The van der Waals surface area contributed by atoms with E-state index in [1.54, 1.807) is 0 Å². The van der Waals surface area contributed by atoms with Crippen LogP contribution in [0, 0.1) is 3.80 Å². The molecule has 2 aromatic heterocycles. The Hall–Kier alpha value is -9.09. The summed E-state index contributed by atoms with van der Waals surface area (Å²) in [6.07, 6.45) is 1.98. The predicted molar refractivity (Wildman–Crippen MR) is 352 cm³/mol. The molecule has 0 unspecified atom stereocenters. The van der Waals surface area contributed by atoms with E-state index in [1.165, 1.54) is 27.8 Å².